The molecule has 0 saturated heterocycles. The van der Waals surface area contributed by atoms with E-state index in [1.807, 2.05) is 48.5 Å². The van der Waals surface area contributed by atoms with Gasteiger partial charge in [0.2, 0.25) is 0 Å². The van der Waals surface area contributed by atoms with Crippen LogP contribution in [0.15, 0.2) is 54.7 Å². The fourth-order valence-corrected chi connectivity index (χ4v) is 1.85. The molecule has 0 aliphatic heterocycles. The Hall–Kier alpha value is -1.91. The van der Waals surface area contributed by atoms with Crippen molar-refractivity contribution < 1.29 is 4.74 Å². The zero-order valence-electron chi connectivity index (χ0n) is 10.8. The summed E-state index contributed by atoms with van der Waals surface area (Å²) in [5, 5.41) is 0. The lowest BCUT2D eigenvalue weighted by Crippen LogP contribution is -2.38. The fourth-order valence-electron chi connectivity index (χ4n) is 1.85. The van der Waals surface area contributed by atoms with Gasteiger partial charge in [-0.3, -0.25) is 16.3 Å². The molecular formula is C15H19N3O. The number of nitrogens with two attached hydrogens (primary N) is 1. The summed E-state index contributed by atoms with van der Waals surface area (Å²) >= 11 is 0. The highest BCUT2D eigenvalue weighted by molar-refractivity contribution is 5.20. The van der Waals surface area contributed by atoms with Gasteiger partial charge < -0.3 is 4.74 Å². The van der Waals surface area contributed by atoms with Gasteiger partial charge in [0.05, 0.1) is 6.61 Å². The van der Waals surface area contributed by atoms with Gasteiger partial charge in [-0.2, -0.15) is 0 Å². The number of nitrogens with zero attached hydrogens (tertiary/aromatic N) is 1. The fraction of sp³-hybridized carbons (Fsp3) is 0.267. The molecule has 0 bridgehead atoms. The number of nitrogens with one attached hydrogen (secondary N) is 1. The average Bonchev–Trinajstić information content (AvgIpc) is 2.48. The lowest BCUT2D eigenvalue weighted by atomic mass is 10.1. The molecule has 19 heavy (non-hydrogen) atoms. The number of hydrazine groups is 1. The third-order valence-electron chi connectivity index (χ3n) is 2.90. The molecule has 4 nitrogen and oxygen atoms in total. The number of para-hydroxylation sites is 1. The van der Waals surface area contributed by atoms with E-state index >= 15 is 0 Å². The van der Waals surface area contributed by atoms with Crippen LogP contribution in [0.4, 0.5) is 0 Å². The second-order valence-corrected chi connectivity index (χ2v) is 4.34. The third kappa shape index (κ3) is 4.69. The molecule has 0 spiro atoms. The van der Waals surface area contributed by atoms with E-state index in [1.54, 1.807) is 6.20 Å². The van der Waals surface area contributed by atoms with E-state index in [4.69, 9.17) is 10.6 Å². The minimum Gasteiger partial charge on any atom is -0.494 e. The monoisotopic (exact) mass is 257 g/mol. The average molecular weight is 257 g/mol. The molecule has 1 unspecified atom stereocenters. The van der Waals surface area contributed by atoms with Crippen LogP contribution >= 0.6 is 0 Å². The predicted octanol–water partition coefficient (Wildman–Crippen LogP) is 1.93. The van der Waals surface area contributed by atoms with Gasteiger partial charge in [-0.15, -0.1) is 0 Å². The van der Waals surface area contributed by atoms with Crippen LogP contribution in [-0.4, -0.2) is 17.6 Å². The van der Waals surface area contributed by atoms with Crippen molar-refractivity contribution in [3.05, 3.63) is 60.4 Å². The molecule has 1 aromatic carbocycles. The van der Waals surface area contributed by atoms with E-state index in [-0.39, 0.29) is 6.04 Å². The normalized spacial score (nSPS) is 12.1. The molecule has 1 aromatic heterocycles. The van der Waals surface area contributed by atoms with Crippen LogP contribution in [0, 0.1) is 0 Å². The maximum atomic E-state index is 5.66. The van der Waals surface area contributed by atoms with Crippen molar-refractivity contribution in [3.8, 4) is 5.75 Å². The third-order valence-corrected chi connectivity index (χ3v) is 2.90. The van der Waals surface area contributed by atoms with E-state index in [0.29, 0.717) is 6.61 Å². The highest BCUT2D eigenvalue weighted by Gasteiger charge is 2.08. The number of benzene rings is 1. The van der Waals surface area contributed by atoms with Gasteiger partial charge in [0.25, 0.3) is 0 Å². The molecule has 1 atom stereocenters. The van der Waals surface area contributed by atoms with Crippen molar-refractivity contribution in [2.75, 3.05) is 6.61 Å². The molecular weight excluding hydrogens is 238 g/mol. The first-order chi connectivity index (χ1) is 9.38. The molecule has 0 amide bonds. The lowest BCUT2D eigenvalue weighted by molar-refractivity contribution is 0.285. The van der Waals surface area contributed by atoms with Crippen molar-refractivity contribution in [2.45, 2.75) is 18.9 Å². The van der Waals surface area contributed by atoms with Crippen LogP contribution in [0.3, 0.4) is 0 Å². The van der Waals surface area contributed by atoms with Crippen LogP contribution in [0.2, 0.25) is 0 Å². The molecule has 0 saturated carbocycles. The SMILES string of the molecule is NNC(CCOc1ccccc1)Cc1ccccn1. The quantitative estimate of drug-likeness (QED) is 0.587. The minimum atomic E-state index is 0.165. The molecule has 4 heteroatoms. The summed E-state index contributed by atoms with van der Waals surface area (Å²) in [6.45, 7) is 0.631. The number of pyridine rings is 1. The molecule has 100 valence electrons. The van der Waals surface area contributed by atoms with Crippen LogP contribution < -0.4 is 16.0 Å². The smallest absolute Gasteiger partial charge is 0.119 e. The molecule has 0 aliphatic carbocycles. The Morgan fingerprint density at radius 2 is 1.89 bits per heavy atom. The summed E-state index contributed by atoms with van der Waals surface area (Å²) in [6.07, 6.45) is 3.43. The van der Waals surface area contributed by atoms with Crippen LogP contribution in [0.5, 0.6) is 5.75 Å². The van der Waals surface area contributed by atoms with Gasteiger partial charge in [0, 0.05) is 24.4 Å². The van der Waals surface area contributed by atoms with Gasteiger partial charge in [-0.25, -0.2) is 0 Å². The second kappa shape index (κ2) is 7.51. The van der Waals surface area contributed by atoms with E-state index in [1.165, 1.54) is 0 Å². The van der Waals surface area contributed by atoms with Gasteiger partial charge in [-0.05, 0) is 30.7 Å². The molecule has 2 aromatic rings. The standard InChI is InChI=1S/C15H19N3O/c16-18-14(12-13-6-4-5-10-17-13)9-11-19-15-7-2-1-3-8-15/h1-8,10,14,18H,9,11-12,16H2. The lowest BCUT2D eigenvalue weighted by Gasteiger charge is -2.15. The number of hydrogen-bond donors (Lipinski definition) is 2. The molecule has 0 aliphatic rings. The van der Waals surface area contributed by atoms with Gasteiger partial charge in [-0.1, -0.05) is 24.3 Å². The minimum absolute atomic E-state index is 0.165. The number of hydrogen-bond acceptors (Lipinski definition) is 4. The highest BCUT2D eigenvalue weighted by atomic mass is 16.5. The summed E-state index contributed by atoms with van der Waals surface area (Å²) < 4.78 is 5.66. The highest BCUT2D eigenvalue weighted by Crippen LogP contribution is 2.09. The first-order valence-corrected chi connectivity index (χ1v) is 6.42. The Bertz CT molecular complexity index is 461. The zero-order valence-corrected chi connectivity index (χ0v) is 10.8. The number of rotatable bonds is 7. The van der Waals surface area contributed by atoms with E-state index in [9.17, 15) is 0 Å². The van der Waals surface area contributed by atoms with Crippen LogP contribution in [0.1, 0.15) is 12.1 Å². The van der Waals surface area contributed by atoms with Crippen molar-refractivity contribution >= 4 is 0 Å². The van der Waals surface area contributed by atoms with Crippen LogP contribution in [-0.2, 0) is 6.42 Å². The maximum Gasteiger partial charge on any atom is 0.119 e. The first-order valence-electron chi connectivity index (χ1n) is 6.42. The van der Waals surface area contributed by atoms with Gasteiger partial charge >= 0.3 is 0 Å². The zero-order chi connectivity index (χ0) is 13.3. The number of aromatic nitrogens is 1. The Balaban J connectivity index is 1.77. The Morgan fingerprint density at radius 1 is 1.11 bits per heavy atom. The van der Waals surface area contributed by atoms with E-state index in [0.717, 1.165) is 24.3 Å². The van der Waals surface area contributed by atoms with Crippen LogP contribution in [0.25, 0.3) is 0 Å². The summed E-state index contributed by atoms with van der Waals surface area (Å²) in [5.74, 6) is 6.45. The van der Waals surface area contributed by atoms with Gasteiger partial charge in [0.15, 0.2) is 0 Å². The summed E-state index contributed by atoms with van der Waals surface area (Å²) in [6, 6.07) is 15.8. The van der Waals surface area contributed by atoms with Crippen molar-refractivity contribution in [2.24, 2.45) is 5.84 Å². The molecule has 0 radical (unpaired) electrons. The van der Waals surface area contributed by atoms with E-state index in [2.05, 4.69) is 10.4 Å². The second-order valence-electron chi connectivity index (χ2n) is 4.34. The van der Waals surface area contributed by atoms with E-state index < -0.39 is 0 Å². The first kappa shape index (κ1) is 13.5. The Kier molecular flexibility index (Phi) is 5.34. The van der Waals surface area contributed by atoms with Crippen molar-refractivity contribution in [1.82, 2.24) is 10.4 Å². The molecule has 0 fully saturated rings. The largest absolute Gasteiger partial charge is 0.494 e. The summed E-state index contributed by atoms with van der Waals surface area (Å²) in [7, 11) is 0. The Morgan fingerprint density at radius 3 is 2.58 bits per heavy atom. The summed E-state index contributed by atoms with van der Waals surface area (Å²) in [5.41, 5.74) is 3.85. The van der Waals surface area contributed by atoms with Gasteiger partial charge in [0.1, 0.15) is 5.75 Å². The topological polar surface area (TPSA) is 60.2 Å². The summed E-state index contributed by atoms with van der Waals surface area (Å²) in [4.78, 5) is 4.30. The molecule has 1 heterocycles. The number of ether oxygens (including phenoxy) is 1. The predicted molar refractivity (Wildman–Crippen MR) is 75.6 cm³/mol. The molecule has 3 N–H and O–H groups in total. The molecule has 2 rings (SSSR count). The maximum absolute atomic E-state index is 5.66. The van der Waals surface area contributed by atoms with Crippen molar-refractivity contribution in [3.63, 3.8) is 0 Å². The Labute approximate surface area is 113 Å². The van der Waals surface area contributed by atoms with Crippen molar-refractivity contribution in [1.29, 1.82) is 0 Å².